The standard InChI is InChI=1S/C18H18ClN3O/c1-12(10-14-4-7-16(19)8-5-14)22(3)18(23)17-9-6-15(11-20)13(2)21-17/h4-9,12H,10H2,1-3H3/t12-/m1/s1. The van der Waals surface area contributed by atoms with Gasteiger partial charge in [-0.1, -0.05) is 23.7 Å². The Kier molecular flexibility index (Phi) is 5.36. The van der Waals surface area contributed by atoms with Crippen LogP contribution in [0.4, 0.5) is 0 Å². The summed E-state index contributed by atoms with van der Waals surface area (Å²) < 4.78 is 0. The smallest absolute Gasteiger partial charge is 0.272 e. The van der Waals surface area contributed by atoms with E-state index in [0.717, 1.165) is 12.0 Å². The van der Waals surface area contributed by atoms with E-state index >= 15 is 0 Å². The lowest BCUT2D eigenvalue weighted by molar-refractivity contribution is 0.0737. The van der Waals surface area contributed by atoms with Gasteiger partial charge in [0.2, 0.25) is 0 Å². The summed E-state index contributed by atoms with van der Waals surface area (Å²) >= 11 is 5.89. The predicted molar refractivity (Wildman–Crippen MR) is 90.4 cm³/mol. The third-order valence-electron chi connectivity index (χ3n) is 3.85. The quantitative estimate of drug-likeness (QED) is 0.861. The van der Waals surface area contributed by atoms with Crippen molar-refractivity contribution in [2.24, 2.45) is 0 Å². The molecule has 0 radical (unpaired) electrons. The van der Waals surface area contributed by atoms with Crippen LogP contribution in [0.5, 0.6) is 0 Å². The van der Waals surface area contributed by atoms with Crippen molar-refractivity contribution in [3.63, 3.8) is 0 Å². The van der Waals surface area contributed by atoms with E-state index in [1.807, 2.05) is 31.2 Å². The molecule has 2 aromatic rings. The molecule has 0 saturated heterocycles. The maximum Gasteiger partial charge on any atom is 0.272 e. The van der Waals surface area contributed by atoms with Gasteiger partial charge < -0.3 is 4.90 Å². The van der Waals surface area contributed by atoms with Crippen LogP contribution < -0.4 is 0 Å². The largest absolute Gasteiger partial charge is 0.337 e. The predicted octanol–water partition coefficient (Wildman–Crippen LogP) is 3.62. The van der Waals surface area contributed by atoms with Crippen LogP contribution in [0, 0.1) is 18.3 Å². The second-order valence-electron chi connectivity index (χ2n) is 5.54. The van der Waals surface area contributed by atoms with Crippen LogP contribution in [0.15, 0.2) is 36.4 Å². The van der Waals surface area contributed by atoms with Gasteiger partial charge in [0.05, 0.1) is 11.3 Å². The summed E-state index contributed by atoms with van der Waals surface area (Å²) in [6, 6.07) is 12.9. The number of aromatic nitrogens is 1. The van der Waals surface area contributed by atoms with Gasteiger partial charge >= 0.3 is 0 Å². The van der Waals surface area contributed by atoms with E-state index in [1.54, 1.807) is 31.0 Å². The summed E-state index contributed by atoms with van der Waals surface area (Å²) in [5, 5.41) is 9.63. The van der Waals surface area contributed by atoms with Crippen LogP contribution in [-0.2, 0) is 6.42 Å². The number of halogens is 1. The molecule has 0 unspecified atom stereocenters. The fourth-order valence-corrected chi connectivity index (χ4v) is 2.40. The zero-order valence-corrected chi connectivity index (χ0v) is 14.1. The Morgan fingerprint density at radius 1 is 1.30 bits per heavy atom. The van der Waals surface area contributed by atoms with Gasteiger partial charge in [0, 0.05) is 18.1 Å². The van der Waals surface area contributed by atoms with Crippen molar-refractivity contribution in [3.05, 3.63) is 63.9 Å². The first kappa shape index (κ1) is 17.0. The minimum Gasteiger partial charge on any atom is -0.337 e. The highest BCUT2D eigenvalue weighted by Gasteiger charge is 2.19. The number of benzene rings is 1. The second kappa shape index (κ2) is 7.26. The van der Waals surface area contributed by atoms with E-state index in [0.29, 0.717) is 22.0 Å². The van der Waals surface area contributed by atoms with Crippen LogP contribution in [0.2, 0.25) is 5.02 Å². The summed E-state index contributed by atoms with van der Waals surface area (Å²) in [4.78, 5) is 18.4. The van der Waals surface area contributed by atoms with Gasteiger partial charge in [-0.2, -0.15) is 5.26 Å². The lowest BCUT2D eigenvalue weighted by Gasteiger charge is -2.25. The van der Waals surface area contributed by atoms with E-state index in [-0.39, 0.29) is 11.9 Å². The Balaban J connectivity index is 2.10. The molecule has 0 aliphatic rings. The molecule has 4 nitrogen and oxygen atoms in total. The number of rotatable bonds is 4. The third kappa shape index (κ3) is 4.08. The monoisotopic (exact) mass is 327 g/mol. The number of likely N-dealkylation sites (N-methyl/N-ethyl adjacent to an activating group) is 1. The Bertz CT molecular complexity index is 750. The van der Waals surface area contributed by atoms with Gasteiger partial charge in [-0.3, -0.25) is 4.79 Å². The first-order chi connectivity index (χ1) is 10.9. The number of amides is 1. The maximum absolute atomic E-state index is 12.5. The molecular formula is C18H18ClN3O. The third-order valence-corrected chi connectivity index (χ3v) is 4.10. The molecule has 0 saturated carbocycles. The summed E-state index contributed by atoms with van der Waals surface area (Å²) in [5.74, 6) is -0.154. The summed E-state index contributed by atoms with van der Waals surface area (Å²) in [6.45, 7) is 3.72. The van der Waals surface area contributed by atoms with Crippen molar-refractivity contribution < 1.29 is 4.79 Å². The highest BCUT2D eigenvalue weighted by molar-refractivity contribution is 6.30. The number of carbonyl (C=O) groups is 1. The van der Waals surface area contributed by atoms with Gasteiger partial charge in [-0.25, -0.2) is 4.98 Å². The van der Waals surface area contributed by atoms with Crippen LogP contribution >= 0.6 is 11.6 Å². The summed E-state index contributed by atoms with van der Waals surface area (Å²) in [7, 11) is 1.76. The summed E-state index contributed by atoms with van der Waals surface area (Å²) in [5.41, 5.74) is 2.52. The molecule has 0 aliphatic carbocycles. The number of aryl methyl sites for hydroxylation is 1. The van der Waals surface area contributed by atoms with Crippen molar-refractivity contribution in [2.75, 3.05) is 7.05 Å². The molecule has 0 fully saturated rings. The molecule has 1 heterocycles. The van der Waals surface area contributed by atoms with Crippen LogP contribution in [0.1, 0.15) is 34.2 Å². The Morgan fingerprint density at radius 3 is 2.52 bits per heavy atom. The molecular weight excluding hydrogens is 310 g/mol. The van der Waals surface area contributed by atoms with E-state index < -0.39 is 0 Å². The molecule has 5 heteroatoms. The Hall–Kier alpha value is -2.38. The number of hydrogen-bond donors (Lipinski definition) is 0. The number of carbonyl (C=O) groups excluding carboxylic acids is 1. The van der Waals surface area contributed by atoms with E-state index in [2.05, 4.69) is 11.1 Å². The number of nitrogens with zero attached hydrogens (tertiary/aromatic N) is 3. The molecule has 1 amide bonds. The van der Waals surface area contributed by atoms with Gasteiger partial charge in [-0.05, 0) is 50.1 Å². The zero-order valence-electron chi connectivity index (χ0n) is 13.4. The average molecular weight is 328 g/mol. The normalized spacial score (nSPS) is 11.6. The molecule has 0 aliphatic heterocycles. The van der Waals surface area contributed by atoms with Gasteiger partial charge in [0.15, 0.2) is 0 Å². The molecule has 1 atom stereocenters. The van der Waals surface area contributed by atoms with Crippen LogP contribution in [-0.4, -0.2) is 28.9 Å². The van der Waals surface area contributed by atoms with E-state index in [1.165, 1.54) is 0 Å². The SMILES string of the molecule is Cc1nc(C(=O)N(C)[C@H](C)Cc2ccc(Cl)cc2)ccc1C#N. The number of hydrogen-bond acceptors (Lipinski definition) is 3. The van der Waals surface area contributed by atoms with Crippen LogP contribution in [0.25, 0.3) is 0 Å². The molecule has 1 aromatic carbocycles. The van der Waals surface area contributed by atoms with Crippen LogP contribution in [0.3, 0.4) is 0 Å². The van der Waals surface area contributed by atoms with Crippen molar-refractivity contribution in [2.45, 2.75) is 26.3 Å². The first-order valence-corrected chi connectivity index (χ1v) is 7.69. The van der Waals surface area contributed by atoms with Crippen molar-refractivity contribution in [1.29, 1.82) is 5.26 Å². The van der Waals surface area contributed by atoms with Crippen molar-refractivity contribution in [1.82, 2.24) is 9.88 Å². The average Bonchev–Trinajstić information content (AvgIpc) is 2.55. The molecule has 23 heavy (non-hydrogen) atoms. The summed E-state index contributed by atoms with van der Waals surface area (Å²) in [6.07, 6.45) is 0.731. The van der Waals surface area contributed by atoms with E-state index in [4.69, 9.17) is 16.9 Å². The lowest BCUT2D eigenvalue weighted by atomic mass is 10.1. The van der Waals surface area contributed by atoms with Gasteiger partial charge in [-0.15, -0.1) is 0 Å². The molecule has 0 bridgehead atoms. The topological polar surface area (TPSA) is 57.0 Å². The number of nitriles is 1. The zero-order chi connectivity index (χ0) is 17.0. The van der Waals surface area contributed by atoms with E-state index in [9.17, 15) is 4.79 Å². The minimum absolute atomic E-state index is 0.0152. The van der Waals surface area contributed by atoms with Gasteiger partial charge in [0.1, 0.15) is 11.8 Å². The fourth-order valence-electron chi connectivity index (χ4n) is 2.28. The first-order valence-electron chi connectivity index (χ1n) is 7.31. The molecule has 2 rings (SSSR count). The number of pyridine rings is 1. The van der Waals surface area contributed by atoms with Crippen molar-refractivity contribution >= 4 is 17.5 Å². The van der Waals surface area contributed by atoms with Crippen molar-refractivity contribution in [3.8, 4) is 6.07 Å². The second-order valence-corrected chi connectivity index (χ2v) is 5.97. The minimum atomic E-state index is -0.154. The molecule has 0 spiro atoms. The van der Waals surface area contributed by atoms with Gasteiger partial charge in [0.25, 0.3) is 5.91 Å². The molecule has 118 valence electrons. The Labute approximate surface area is 141 Å². The maximum atomic E-state index is 12.5. The highest BCUT2D eigenvalue weighted by Crippen LogP contribution is 2.14. The lowest BCUT2D eigenvalue weighted by Crippen LogP contribution is -2.37. The molecule has 1 aromatic heterocycles. The fraction of sp³-hybridized carbons (Fsp3) is 0.278. The Morgan fingerprint density at radius 2 is 1.96 bits per heavy atom. The molecule has 0 N–H and O–H groups in total. The highest BCUT2D eigenvalue weighted by atomic mass is 35.5.